The van der Waals surface area contributed by atoms with Crippen molar-refractivity contribution in [3.8, 4) is 33.4 Å². The molecule has 0 saturated carbocycles. The Hall–Kier alpha value is -1.98. The monoisotopic (exact) mass is 606 g/mol. The highest BCUT2D eigenvalue weighted by Gasteiger charge is 2.16. The Morgan fingerprint density at radius 2 is 1.21 bits per heavy atom. The average molecular weight is 608 g/mol. The summed E-state index contributed by atoms with van der Waals surface area (Å²) in [5.74, 6) is 0. The third-order valence-electron chi connectivity index (χ3n) is 5.62. The summed E-state index contributed by atoms with van der Waals surface area (Å²) in [6, 6.07) is 26.4. The Morgan fingerprint density at radius 1 is 0.588 bits per heavy atom. The first-order valence-electron chi connectivity index (χ1n) is 10.8. The third kappa shape index (κ3) is 5.46. The number of thioether (sulfide) groups is 2. The zero-order valence-corrected chi connectivity index (χ0v) is 23.9. The molecule has 0 aliphatic heterocycles. The summed E-state index contributed by atoms with van der Waals surface area (Å²) in [6.45, 7) is 12.1. The van der Waals surface area contributed by atoms with E-state index in [2.05, 4.69) is 132 Å². The van der Waals surface area contributed by atoms with Crippen molar-refractivity contribution in [1.82, 2.24) is 0 Å². The van der Waals surface area contributed by atoms with E-state index in [0.29, 0.717) is 0 Å². The van der Waals surface area contributed by atoms with Crippen LogP contribution in [-0.2, 0) is 0 Å². The topological polar surface area (TPSA) is 0 Å². The van der Waals surface area contributed by atoms with Crippen LogP contribution in [0.15, 0.2) is 116 Å². The number of hydrogen-bond acceptors (Lipinski definition) is 2. The number of halogens is 2. The number of benzene rings is 4. The molecule has 0 atom stereocenters. The van der Waals surface area contributed by atoms with Gasteiger partial charge < -0.3 is 0 Å². The minimum atomic E-state index is 1.07. The first kappa shape index (κ1) is 25.1. The van der Waals surface area contributed by atoms with Crippen molar-refractivity contribution in [1.29, 1.82) is 0 Å². The van der Waals surface area contributed by atoms with Gasteiger partial charge >= 0.3 is 0 Å². The molecule has 0 aromatic heterocycles. The van der Waals surface area contributed by atoms with E-state index in [9.17, 15) is 0 Å². The van der Waals surface area contributed by atoms with Gasteiger partial charge in [-0.3, -0.25) is 0 Å². The van der Waals surface area contributed by atoms with E-state index in [1.54, 1.807) is 23.5 Å². The molecule has 0 bridgehead atoms. The molecule has 0 amide bonds. The van der Waals surface area contributed by atoms with Crippen LogP contribution >= 0.6 is 55.4 Å². The van der Waals surface area contributed by atoms with E-state index in [-0.39, 0.29) is 0 Å². The standard InChI is InChI=1S/C30H24Br2S2/c1-5-33-22-10-13-29(31)26(17-22)21-9-12-24(28-18-23(34-6-2)11-14-30(28)32)27(16-21)25-15-19(3)7-8-20(25)4/h5-18H,1-2H2,3-4H3. The molecule has 0 heterocycles. The molecule has 0 aliphatic carbocycles. The maximum Gasteiger partial charge on any atom is 0.0254 e. The quantitative estimate of drug-likeness (QED) is 0.192. The maximum atomic E-state index is 3.88. The van der Waals surface area contributed by atoms with E-state index in [1.165, 1.54) is 54.3 Å². The predicted molar refractivity (Wildman–Crippen MR) is 160 cm³/mol. The Morgan fingerprint density at radius 3 is 1.85 bits per heavy atom. The summed E-state index contributed by atoms with van der Waals surface area (Å²) < 4.78 is 2.15. The molecule has 0 N–H and O–H groups in total. The van der Waals surface area contributed by atoms with Gasteiger partial charge in [0.05, 0.1) is 0 Å². The summed E-state index contributed by atoms with van der Waals surface area (Å²) >= 11 is 10.8. The largest absolute Gasteiger partial charge is 0.0987 e. The normalized spacial score (nSPS) is 10.8. The van der Waals surface area contributed by atoms with Gasteiger partial charge in [-0.2, -0.15) is 0 Å². The van der Waals surface area contributed by atoms with Crippen LogP contribution in [0.5, 0.6) is 0 Å². The first-order valence-corrected chi connectivity index (χ1v) is 14.1. The molecule has 170 valence electrons. The van der Waals surface area contributed by atoms with Crippen LogP contribution in [0, 0.1) is 13.8 Å². The minimum absolute atomic E-state index is 1.07. The fourth-order valence-electron chi connectivity index (χ4n) is 3.97. The predicted octanol–water partition coefficient (Wildman–Crippen LogP) is 11.3. The molecule has 0 unspecified atom stereocenters. The molecular weight excluding hydrogens is 584 g/mol. The van der Waals surface area contributed by atoms with Crippen LogP contribution in [-0.4, -0.2) is 0 Å². The zero-order chi connectivity index (χ0) is 24.2. The molecule has 4 rings (SSSR count). The molecule has 0 saturated heterocycles. The third-order valence-corrected chi connectivity index (χ3v) is 8.39. The van der Waals surface area contributed by atoms with Crippen molar-refractivity contribution in [2.75, 3.05) is 0 Å². The Bertz CT molecular complexity index is 1390. The van der Waals surface area contributed by atoms with Crippen LogP contribution < -0.4 is 0 Å². The highest BCUT2D eigenvalue weighted by molar-refractivity contribution is 9.11. The highest BCUT2D eigenvalue weighted by atomic mass is 79.9. The lowest BCUT2D eigenvalue weighted by Gasteiger charge is -2.18. The molecular formula is C30H24Br2S2. The molecule has 0 aliphatic rings. The second kappa shape index (κ2) is 11.2. The molecule has 4 aromatic carbocycles. The lowest BCUT2D eigenvalue weighted by molar-refractivity contribution is 1.38. The van der Waals surface area contributed by atoms with Crippen molar-refractivity contribution in [3.05, 3.63) is 117 Å². The maximum absolute atomic E-state index is 3.88. The van der Waals surface area contributed by atoms with Gasteiger partial charge in [0.1, 0.15) is 0 Å². The number of aryl methyl sites for hydroxylation is 2. The van der Waals surface area contributed by atoms with Crippen molar-refractivity contribution < 1.29 is 0 Å². The molecule has 4 heteroatoms. The average Bonchev–Trinajstić information content (AvgIpc) is 2.83. The van der Waals surface area contributed by atoms with E-state index >= 15 is 0 Å². The minimum Gasteiger partial charge on any atom is -0.0987 e. The van der Waals surface area contributed by atoms with Crippen molar-refractivity contribution in [3.63, 3.8) is 0 Å². The van der Waals surface area contributed by atoms with Crippen LogP contribution in [0.4, 0.5) is 0 Å². The molecule has 4 aromatic rings. The number of hydrogen-bond donors (Lipinski definition) is 0. The summed E-state index contributed by atoms with van der Waals surface area (Å²) in [5, 5.41) is 3.73. The van der Waals surface area contributed by atoms with Gasteiger partial charge in [-0.05, 0) is 106 Å². The van der Waals surface area contributed by atoms with Gasteiger partial charge in [-0.15, -0.1) is 0 Å². The van der Waals surface area contributed by atoms with Gasteiger partial charge in [-0.25, -0.2) is 0 Å². The van der Waals surface area contributed by atoms with Crippen molar-refractivity contribution >= 4 is 55.4 Å². The van der Waals surface area contributed by atoms with Crippen LogP contribution in [0.2, 0.25) is 0 Å². The lowest BCUT2D eigenvalue weighted by Crippen LogP contribution is -1.92. The molecule has 34 heavy (non-hydrogen) atoms. The Labute approximate surface area is 227 Å². The highest BCUT2D eigenvalue weighted by Crippen LogP contribution is 2.43. The second-order valence-corrected chi connectivity index (χ2v) is 11.7. The molecule has 0 spiro atoms. The number of rotatable bonds is 7. The fourth-order valence-corrected chi connectivity index (χ4v) is 5.96. The van der Waals surface area contributed by atoms with Crippen molar-refractivity contribution in [2.24, 2.45) is 0 Å². The van der Waals surface area contributed by atoms with E-state index in [0.717, 1.165) is 8.95 Å². The summed E-state index contributed by atoms with van der Waals surface area (Å²) in [6.07, 6.45) is 0. The SMILES string of the molecule is C=CSc1ccc(Br)c(-c2ccc(-c3cc(SC=C)ccc3Br)c(-c3cc(C)ccc3C)c2)c1. The zero-order valence-electron chi connectivity index (χ0n) is 19.1. The van der Waals surface area contributed by atoms with Gasteiger partial charge in [-0.1, -0.05) is 104 Å². The van der Waals surface area contributed by atoms with Gasteiger partial charge in [0, 0.05) is 18.7 Å². The van der Waals surface area contributed by atoms with Crippen LogP contribution in [0.1, 0.15) is 11.1 Å². The van der Waals surface area contributed by atoms with Gasteiger partial charge in [0.2, 0.25) is 0 Å². The summed E-state index contributed by atoms with van der Waals surface area (Å²) in [7, 11) is 0. The summed E-state index contributed by atoms with van der Waals surface area (Å²) in [4.78, 5) is 2.34. The smallest absolute Gasteiger partial charge is 0.0254 e. The summed E-state index contributed by atoms with van der Waals surface area (Å²) in [5.41, 5.74) is 9.68. The van der Waals surface area contributed by atoms with E-state index in [4.69, 9.17) is 0 Å². The molecule has 0 radical (unpaired) electrons. The Kier molecular flexibility index (Phi) is 8.26. The second-order valence-electron chi connectivity index (χ2n) is 7.93. The van der Waals surface area contributed by atoms with Crippen molar-refractivity contribution in [2.45, 2.75) is 23.6 Å². The van der Waals surface area contributed by atoms with Crippen LogP contribution in [0.25, 0.3) is 33.4 Å². The lowest BCUT2D eigenvalue weighted by atomic mass is 9.88. The van der Waals surface area contributed by atoms with E-state index in [1.807, 2.05) is 10.8 Å². The molecule has 0 nitrogen and oxygen atoms in total. The fraction of sp³-hybridized carbons (Fsp3) is 0.0667. The van der Waals surface area contributed by atoms with Gasteiger partial charge in [0.25, 0.3) is 0 Å². The Balaban J connectivity index is 1.99. The van der Waals surface area contributed by atoms with Crippen LogP contribution in [0.3, 0.4) is 0 Å². The first-order chi connectivity index (χ1) is 16.4. The molecule has 0 fully saturated rings. The van der Waals surface area contributed by atoms with E-state index < -0.39 is 0 Å². The van der Waals surface area contributed by atoms with Gasteiger partial charge in [0.15, 0.2) is 0 Å².